The van der Waals surface area contributed by atoms with Gasteiger partial charge in [-0.2, -0.15) is 5.79 Å². The fraction of sp³-hybridized carbons (Fsp3) is 0.0750. The second kappa shape index (κ2) is 17.7. The number of fused-ring (bicyclic) bond motifs is 2. The molecule has 0 amide bonds. The van der Waals surface area contributed by atoms with E-state index < -0.39 is 122 Å². The van der Waals surface area contributed by atoms with Crippen molar-refractivity contribution in [3.63, 3.8) is 0 Å². The number of hydrogen-bond acceptors (Lipinski definition) is 0. The molecule has 0 heterocycles. The van der Waals surface area contributed by atoms with E-state index in [0.717, 1.165) is 0 Å². The maximum atomic E-state index is 14.7. The molecule has 3 aromatic carbocycles. The minimum atomic E-state index is -7.02. The van der Waals surface area contributed by atoms with Crippen LogP contribution in [0.5, 0.6) is 0 Å². The molecule has 0 bridgehead atoms. The van der Waals surface area contributed by atoms with Crippen molar-refractivity contribution >= 4 is 34.4 Å². The van der Waals surface area contributed by atoms with Crippen LogP contribution in [0.2, 0.25) is 18.9 Å². The second-order valence-electron chi connectivity index (χ2n) is 13.5. The van der Waals surface area contributed by atoms with Gasteiger partial charge in [-0.1, -0.05) is 61.7 Å². The summed E-state index contributed by atoms with van der Waals surface area (Å²) in [5, 5.41) is 0. The van der Waals surface area contributed by atoms with E-state index >= 15 is 0 Å². The Morgan fingerprint density at radius 2 is 0.586 bits per heavy atom. The Kier molecular flexibility index (Phi) is 14.6. The first kappa shape index (κ1) is 47.9. The molecule has 2 saturated carbocycles. The molecule has 3 aromatic rings. The second-order valence-corrected chi connectivity index (χ2v) is 22.2. The van der Waals surface area contributed by atoms with Crippen LogP contribution in [0.3, 0.4) is 0 Å². The van der Waals surface area contributed by atoms with Gasteiger partial charge in [0, 0.05) is 23.7 Å². The Balaban J connectivity index is 0.000000275. The van der Waals surface area contributed by atoms with Crippen LogP contribution in [0, 0.1) is 155 Å². The van der Waals surface area contributed by atoms with Crippen molar-refractivity contribution in [3.05, 3.63) is 204 Å². The summed E-state index contributed by atoms with van der Waals surface area (Å²) in [6.07, 6.45) is 26.7. The Labute approximate surface area is 347 Å². The summed E-state index contributed by atoms with van der Waals surface area (Å²) in [7, 11) is -1.68. The monoisotopic (exact) mass is 934 g/mol. The van der Waals surface area contributed by atoms with Gasteiger partial charge in [-0.05, 0) is 36.8 Å². The van der Waals surface area contributed by atoms with E-state index in [2.05, 4.69) is 87.4 Å². The van der Waals surface area contributed by atoms with Crippen LogP contribution in [0.1, 0.15) is 0 Å². The summed E-state index contributed by atoms with van der Waals surface area (Å²) in [5.41, 5.74) is 3.10. The molecule has 0 aliphatic heterocycles. The van der Waals surface area contributed by atoms with E-state index in [-0.39, 0.29) is 39.4 Å². The van der Waals surface area contributed by atoms with Gasteiger partial charge in [0.25, 0.3) is 13.1 Å². The van der Waals surface area contributed by atoms with Gasteiger partial charge in [0.05, 0.1) is 8.07 Å². The zero-order valence-corrected chi connectivity index (χ0v) is 34.8. The molecule has 4 aliphatic rings. The summed E-state index contributed by atoms with van der Waals surface area (Å²) in [5.74, 6) is -39.1. The van der Waals surface area contributed by atoms with Gasteiger partial charge in [0.2, 0.25) is 0 Å². The van der Waals surface area contributed by atoms with Gasteiger partial charge in [-0.25, -0.2) is 65.9 Å². The molecular weight excluding hydrogens is 912 g/mol. The number of allylic oxidation sites excluding steroid dienone is 8. The smallest absolute Gasteiger partial charge is 0.358 e. The van der Waals surface area contributed by atoms with Crippen LogP contribution in [0.4, 0.5) is 65.9 Å². The van der Waals surface area contributed by atoms with Gasteiger partial charge in [-0.3, -0.25) is 0 Å². The van der Waals surface area contributed by atoms with Crippen LogP contribution in [-0.4, -0.2) is 21.2 Å². The minimum Gasteiger partial charge on any atom is -0.358 e. The molecule has 4 aliphatic carbocycles. The number of benzene rings is 3. The maximum absolute atomic E-state index is 14.7. The molecule has 0 spiro atoms. The number of halogens is 15. The summed E-state index contributed by atoms with van der Waals surface area (Å²) in [6, 6.07) is 0. The first-order valence-electron chi connectivity index (χ1n) is 16.3. The molecule has 0 atom stereocenters. The van der Waals surface area contributed by atoms with Gasteiger partial charge in [0.15, 0.2) is 52.4 Å². The minimum absolute atomic E-state index is 0. The molecular formula is C40H24AlF15SiZr+2. The van der Waals surface area contributed by atoms with Crippen molar-refractivity contribution in [3.8, 4) is 0 Å². The standard InChI is InChI=1S/C20H18Si.3C6F5.2CH3.Al.Zr/c1-21(2,19-13-11-15-7-3-5-9-17(15)19)20-14-12-16-8-4-6-10-18(16)20;3*7-2-1-3(8)5(10)6(11)4(2)9;;;;/h3-14H,1-2H3;;;;2*1H3;;/q;;;;;2*-1;+4. The summed E-state index contributed by atoms with van der Waals surface area (Å²) in [4.78, 5) is 0. The molecule has 58 heavy (non-hydrogen) atoms. The molecule has 10 radical (unpaired) electrons. The SMILES string of the molecule is C[Si](C)([C]1[CH][CH][C]2C=CC=C[C]21)[C]1[CH][CH][C]2C=CC=C[C]21.[CH3-].[CH3][Al-]([c]1c(F)c(F)c(F)c(F)c1F)([c]1c(F)c(F)c(F)c(F)c1F)[c]1c(F)c(F)c(F)c(F)c1F.[Zr+4]. The molecule has 18 heteroatoms. The molecule has 7 rings (SSSR count). The molecule has 0 unspecified atom stereocenters. The van der Waals surface area contributed by atoms with E-state index in [1.54, 1.807) is 11.1 Å². The van der Waals surface area contributed by atoms with E-state index in [9.17, 15) is 65.9 Å². The molecule has 0 N–H and O–H groups in total. The molecule has 0 saturated heterocycles. The summed E-state index contributed by atoms with van der Waals surface area (Å²) >= 11 is -7.02. The normalized spacial score (nSPS) is 17.6. The van der Waals surface area contributed by atoms with E-state index in [1.807, 2.05) is 0 Å². The van der Waals surface area contributed by atoms with E-state index in [0.29, 0.717) is 0 Å². The van der Waals surface area contributed by atoms with Crippen molar-refractivity contribution < 1.29 is 92.1 Å². The predicted molar refractivity (Wildman–Crippen MR) is 186 cm³/mol. The summed E-state index contributed by atoms with van der Waals surface area (Å²) < 4.78 is 204. The van der Waals surface area contributed by atoms with Crippen LogP contribution in [0.15, 0.2) is 48.6 Å². The predicted octanol–water partition coefficient (Wildman–Crippen LogP) is 9.64. The van der Waals surface area contributed by atoms with Crippen LogP contribution in [-0.2, 0) is 26.2 Å². The largest absolute Gasteiger partial charge is 4.00 e. The first-order chi connectivity index (χ1) is 26.2. The zero-order chi connectivity index (χ0) is 41.3. The van der Waals surface area contributed by atoms with E-state index in [1.165, 1.54) is 23.7 Å². The third kappa shape index (κ3) is 7.48. The van der Waals surface area contributed by atoms with Crippen molar-refractivity contribution in [1.82, 2.24) is 0 Å². The van der Waals surface area contributed by atoms with Crippen LogP contribution >= 0.6 is 0 Å². The van der Waals surface area contributed by atoms with Gasteiger partial charge < -0.3 is 7.43 Å². The molecule has 2 fully saturated rings. The quantitative estimate of drug-likeness (QED) is 0.0787. The van der Waals surface area contributed by atoms with Gasteiger partial charge >= 0.3 is 26.2 Å². The summed E-state index contributed by atoms with van der Waals surface area (Å²) in [6.45, 7) is 4.94. The van der Waals surface area contributed by atoms with Crippen molar-refractivity contribution in [1.29, 1.82) is 0 Å². The fourth-order valence-corrected chi connectivity index (χ4v) is 15.1. The number of rotatable bonds is 5. The third-order valence-corrected chi connectivity index (χ3v) is 18.7. The maximum Gasteiger partial charge on any atom is 4.00 e. The van der Waals surface area contributed by atoms with Gasteiger partial charge in [0.1, 0.15) is 34.9 Å². The van der Waals surface area contributed by atoms with Crippen molar-refractivity contribution in [2.45, 2.75) is 18.9 Å². The topological polar surface area (TPSA) is 0 Å². The average molecular weight is 936 g/mol. The Bertz CT molecular complexity index is 1940. The molecule has 0 aromatic heterocycles. The Hall–Kier alpha value is -2.80. The van der Waals surface area contributed by atoms with Crippen molar-refractivity contribution in [2.24, 2.45) is 0 Å². The number of hydrogen-bond donors (Lipinski definition) is 0. The zero-order valence-electron chi connectivity index (χ0n) is 30.2. The molecule has 0 nitrogen and oxygen atoms in total. The first-order valence-corrected chi connectivity index (χ1v) is 22.1. The Morgan fingerprint density at radius 3 is 0.845 bits per heavy atom. The fourth-order valence-electron chi connectivity index (χ4n) is 7.36. The van der Waals surface area contributed by atoms with E-state index in [4.69, 9.17) is 0 Å². The van der Waals surface area contributed by atoms with Crippen molar-refractivity contribution in [2.75, 3.05) is 0 Å². The van der Waals surface area contributed by atoms with Gasteiger partial charge in [-0.15, -0.1) is 13.3 Å². The Morgan fingerprint density at radius 1 is 0.362 bits per heavy atom. The molecule has 298 valence electrons. The van der Waals surface area contributed by atoms with Crippen LogP contribution in [0.25, 0.3) is 0 Å². The average Bonchev–Trinajstić information content (AvgIpc) is 3.83. The third-order valence-electron chi connectivity index (χ3n) is 10.2. The van der Waals surface area contributed by atoms with Crippen LogP contribution < -0.4 is 13.3 Å².